The predicted octanol–water partition coefficient (Wildman–Crippen LogP) is 5.66. The zero-order valence-corrected chi connectivity index (χ0v) is 18.4. The third kappa shape index (κ3) is 5.95. The Labute approximate surface area is 173 Å². The van der Waals surface area contributed by atoms with Gasteiger partial charge in [0.25, 0.3) is 5.91 Å². The van der Waals surface area contributed by atoms with Crippen LogP contribution in [0.5, 0.6) is 5.75 Å². The van der Waals surface area contributed by atoms with Gasteiger partial charge in [-0.15, -0.1) is 0 Å². The molecule has 0 unspecified atom stereocenters. The number of rotatable bonds is 5. The van der Waals surface area contributed by atoms with Crippen LogP contribution in [0.2, 0.25) is 0 Å². The Hall–Kier alpha value is -2.09. The lowest BCUT2D eigenvalue weighted by molar-refractivity contribution is -0.137. The maximum Gasteiger partial charge on any atom is 0.416 e. The number of ether oxygens (including phenoxy) is 1. The largest absolute Gasteiger partial charge is 0.493 e. The van der Waals surface area contributed by atoms with E-state index in [1.165, 1.54) is 17.6 Å². The number of carbonyl (C=O) groups is 1. The summed E-state index contributed by atoms with van der Waals surface area (Å²) >= 11 is 1.33. The Balaban J connectivity index is 2.60. The van der Waals surface area contributed by atoms with Gasteiger partial charge in [-0.2, -0.15) is 18.2 Å². The van der Waals surface area contributed by atoms with Gasteiger partial charge in [-0.3, -0.25) is 8.75 Å². The number of amides is 1. The van der Waals surface area contributed by atoms with E-state index in [0.717, 1.165) is 17.7 Å². The van der Waals surface area contributed by atoms with E-state index in [9.17, 15) is 18.0 Å². The molecule has 1 heterocycles. The highest BCUT2D eigenvalue weighted by Gasteiger charge is 2.32. The van der Waals surface area contributed by atoms with E-state index < -0.39 is 17.6 Å². The molecular formula is C21H27F3N2O2S. The van der Waals surface area contributed by atoms with Gasteiger partial charge in [0.15, 0.2) is 0 Å². The summed E-state index contributed by atoms with van der Waals surface area (Å²) < 4.78 is 47.3. The molecule has 0 aliphatic rings. The average molecular weight is 429 g/mol. The summed E-state index contributed by atoms with van der Waals surface area (Å²) in [5.74, 6) is -0.304. The molecule has 0 spiro atoms. The van der Waals surface area contributed by atoms with Crippen LogP contribution in [0.4, 0.5) is 13.2 Å². The number of alkyl halides is 3. The van der Waals surface area contributed by atoms with E-state index in [-0.39, 0.29) is 23.5 Å². The molecule has 0 fully saturated rings. The smallest absolute Gasteiger partial charge is 0.416 e. The van der Waals surface area contributed by atoms with Gasteiger partial charge in [-0.25, -0.2) is 0 Å². The van der Waals surface area contributed by atoms with Crippen molar-refractivity contribution in [2.24, 2.45) is 10.9 Å². The van der Waals surface area contributed by atoms with Crippen molar-refractivity contribution in [1.82, 2.24) is 3.96 Å². The minimum absolute atomic E-state index is 0.0971. The van der Waals surface area contributed by atoms with Crippen molar-refractivity contribution in [3.63, 3.8) is 0 Å². The highest BCUT2D eigenvalue weighted by Crippen LogP contribution is 2.33. The maximum atomic E-state index is 13.1. The molecule has 160 valence electrons. The first-order valence-corrected chi connectivity index (χ1v) is 10.3. The molecule has 0 atom stereocenters. The molecule has 0 bridgehead atoms. The monoisotopic (exact) mass is 428 g/mol. The minimum atomic E-state index is -4.55. The van der Waals surface area contributed by atoms with Gasteiger partial charge in [0.1, 0.15) is 10.4 Å². The number of aromatic nitrogens is 1. The SMILES string of the molecule is CCOc1ccc(C(F)(F)F)cc1C(=O)N=c1sn(C(C)(C)C)cc1CC(C)C. The molecule has 4 nitrogen and oxygen atoms in total. The summed E-state index contributed by atoms with van der Waals surface area (Å²) in [6.07, 6.45) is -1.88. The molecule has 1 aromatic carbocycles. The highest BCUT2D eigenvalue weighted by molar-refractivity contribution is 7.04. The molecule has 1 amide bonds. The third-order valence-electron chi connectivity index (χ3n) is 4.06. The summed E-state index contributed by atoms with van der Waals surface area (Å²) in [5.41, 5.74) is -0.385. The van der Waals surface area contributed by atoms with Gasteiger partial charge in [0.05, 0.1) is 17.7 Å². The van der Waals surface area contributed by atoms with Crippen LogP contribution < -0.4 is 9.41 Å². The second kappa shape index (κ2) is 8.73. The summed E-state index contributed by atoms with van der Waals surface area (Å²) in [6.45, 7) is 12.2. The molecule has 29 heavy (non-hydrogen) atoms. The summed E-state index contributed by atoms with van der Waals surface area (Å²) in [4.78, 5) is 17.1. The van der Waals surface area contributed by atoms with E-state index in [1.807, 2.05) is 30.9 Å². The van der Waals surface area contributed by atoms with E-state index >= 15 is 0 Å². The van der Waals surface area contributed by atoms with E-state index in [2.05, 4.69) is 18.8 Å². The first kappa shape index (κ1) is 23.2. The lowest BCUT2D eigenvalue weighted by Gasteiger charge is -2.19. The van der Waals surface area contributed by atoms with Crippen LogP contribution in [-0.4, -0.2) is 16.5 Å². The molecule has 0 aliphatic heterocycles. The van der Waals surface area contributed by atoms with Crippen LogP contribution >= 0.6 is 11.5 Å². The second-order valence-electron chi connectivity index (χ2n) is 8.20. The maximum absolute atomic E-state index is 13.1. The lowest BCUT2D eigenvalue weighted by atomic mass is 10.1. The van der Waals surface area contributed by atoms with Crippen molar-refractivity contribution >= 4 is 17.4 Å². The zero-order valence-electron chi connectivity index (χ0n) is 17.6. The number of hydrogen-bond donors (Lipinski definition) is 0. The number of carbonyl (C=O) groups excluding carboxylic acids is 1. The topological polar surface area (TPSA) is 43.6 Å². The third-order valence-corrected chi connectivity index (χ3v) is 5.44. The molecule has 1 aromatic heterocycles. The quantitative estimate of drug-likeness (QED) is 0.617. The molecule has 0 saturated carbocycles. The van der Waals surface area contributed by atoms with Gasteiger partial charge in [-0.05, 0) is 69.8 Å². The molecule has 8 heteroatoms. The zero-order chi connectivity index (χ0) is 22.0. The Morgan fingerprint density at radius 1 is 1.24 bits per heavy atom. The van der Waals surface area contributed by atoms with E-state index in [4.69, 9.17) is 4.74 Å². The predicted molar refractivity (Wildman–Crippen MR) is 108 cm³/mol. The van der Waals surface area contributed by atoms with Gasteiger partial charge in [-0.1, -0.05) is 13.8 Å². The van der Waals surface area contributed by atoms with Crippen molar-refractivity contribution in [2.75, 3.05) is 6.61 Å². The molecule has 2 aromatic rings. The number of nitrogens with zero attached hydrogens (tertiary/aromatic N) is 2. The summed E-state index contributed by atoms with van der Waals surface area (Å²) in [6, 6.07) is 2.89. The number of hydrogen-bond acceptors (Lipinski definition) is 3. The average Bonchev–Trinajstić information content (AvgIpc) is 2.96. The van der Waals surface area contributed by atoms with Gasteiger partial charge < -0.3 is 4.74 Å². The number of halogens is 3. The van der Waals surface area contributed by atoms with Crippen molar-refractivity contribution in [3.05, 3.63) is 45.8 Å². The van der Waals surface area contributed by atoms with Crippen LogP contribution in [0.1, 0.15) is 63.0 Å². The Kier molecular flexibility index (Phi) is 6.98. The fourth-order valence-corrected chi connectivity index (χ4v) is 3.70. The minimum Gasteiger partial charge on any atom is -0.493 e. The fourth-order valence-electron chi connectivity index (χ4n) is 2.68. The summed E-state index contributed by atoms with van der Waals surface area (Å²) in [5, 5.41) is 0. The molecule has 0 aliphatic carbocycles. The normalized spacial score (nSPS) is 13.2. The van der Waals surface area contributed by atoms with Crippen molar-refractivity contribution in [3.8, 4) is 5.75 Å². The van der Waals surface area contributed by atoms with Gasteiger partial charge in [0.2, 0.25) is 0 Å². The van der Waals surface area contributed by atoms with Crippen LogP contribution in [0, 0.1) is 5.92 Å². The fraction of sp³-hybridized carbons (Fsp3) is 0.524. The molecule has 0 N–H and O–H groups in total. The van der Waals surface area contributed by atoms with Crippen molar-refractivity contribution in [1.29, 1.82) is 0 Å². The first-order chi connectivity index (χ1) is 13.3. The Morgan fingerprint density at radius 2 is 1.90 bits per heavy atom. The standard InChI is InChI=1S/C21H27F3N2O2S/c1-7-28-17-9-8-15(21(22,23)24)11-16(17)18(27)25-19-14(10-13(2)3)12-26(29-19)20(4,5)6/h8-9,11-13H,7,10H2,1-6H3. The summed E-state index contributed by atoms with van der Waals surface area (Å²) in [7, 11) is 0. The van der Waals surface area contributed by atoms with Gasteiger partial charge in [0, 0.05) is 17.3 Å². The Bertz CT molecular complexity index is 935. The molecule has 0 radical (unpaired) electrons. The van der Waals surface area contributed by atoms with Gasteiger partial charge >= 0.3 is 6.18 Å². The van der Waals surface area contributed by atoms with E-state index in [0.29, 0.717) is 17.0 Å². The van der Waals surface area contributed by atoms with Crippen molar-refractivity contribution < 1.29 is 22.7 Å². The lowest BCUT2D eigenvalue weighted by Crippen LogP contribution is -2.18. The highest BCUT2D eigenvalue weighted by atomic mass is 32.1. The van der Waals surface area contributed by atoms with Crippen LogP contribution in [0.15, 0.2) is 29.4 Å². The molecule has 2 rings (SSSR count). The van der Waals surface area contributed by atoms with Crippen LogP contribution in [-0.2, 0) is 18.1 Å². The molecular weight excluding hydrogens is 401 g/mol. The van der Waals surface area contributed by atoms with Crippen molar-refractivity contribution in [2.45, 2.75) is 59.7 Å². The van der Waals surface area contributed by atoms with Crippen LogP contribution in [0.25, 0.3) is 0 Å². The number of benzene rings is 1. The Morgan fingerprint density at radius 3 is 2.41 bits per heavy atom. The second-order valence-corrected chi connectivity index (χ2v) is 9.17. The first-order valence-electron chi connectivity index (χ1n) is 9.48. The molecule has 0 saturated heterocycles. The van der Waals surface area contributed by atoms with E-state index in [1.54, 1.807) is 6.92 Å². The van der Waals surface area contributed by atoms with Crippen LogP contribution in [0.3, 0.4) is 0 Å².